The number of carbonyl (C=O) groups is 4. The largest absolute Gasteiger partial charge is 0.508 e. The topological polar surface area (TPSA) is 183 Å². The molecule has 14 nitrogen and oxygen atoms in total. The number of hydrogen-bond donors (Lipinski definition) is 2. The van der Waals surface area contributed by atoms with E-state index in [0.717, 1.165) is 25.7 Å². The summed E-state index contributed by atoms with van der Waals surface area (Å²) >= 11 is 0. The Morgan fingerprint density at radius 2 is 0.846 bits per heavy atom. The maximum absolute atomic E-state index is 11.2. The second kappa shape index (κ2) is 26.1. The van der Waals surface area contributed by atoms with Crippen LogP contribution >= 0.6 is 0 Å². The summed E-state index contributed by atoms with van der Waals surface area (Å²) in [6, 6.07) is 0. The van der Waals surface area contributed by atoms with E-state index in [1.165, 1.54) is 14.2 Å². The zero-order chi connectivity index (χ0) is 26.8. The van der Waals surface area contributed by atoms with E-state index < -0.39 is 49.0 Å². The van der Waals surface area contributed by atoms with E-state index in [9.17, 15) is 29.4 Å². The number of methoxy groups -OCH3 is 2. The Morgan fingerprint density at radius 3 is 1.13 bits per heavy atom. The van der Waals surface area contributed by atoms with Gasteiger partial charge in [0, 0.05) is 65.4 Å². The van der Waals surface area contributed by atoms with Crippen molar-refractivity contribution in [3.05, 3.63) is 0 Å². The third-order valence-corrected chi connectivity index (χ3v) is 5.21. The van der Waals surface area contributed by atoms with Gasteiger partial charge in [0.15, 0.2) is 0 Å². The van der Waals surface area contributed by atoms with Gasteiger partial charge in [0.2, 0.25) is 0 Å². The normalized spacial score (nSPS) is 21.2. The summed E-state index contributed by atoms with van der Waals surface area (Å²) in [6.07, 6.45) is 0.549. The summed E-state index contributed by atoms with van der Waals surface area (Å²) in [6.45, 7) is -0.433. The zero-order valence-corrected chi connectivity index (χ0v) is 27.4. The molecule has 0 aromatic carbocycles. The Kier molecular flexibility index (Phi) is 28.6. The summed E-state index contributed by atoms with van der Waals surface area (Å²) in [5, 5.41) is 19.2. The van der Waals surface area contributed by atoms with Crippen molar-refractivity contribution < 1.29 is 133 Å². The molecule has 4 atom stereocenters. The second-order valence-electron chi connectivity index (χ2n) is 7.82. The predicted octanol–water partition coefficient (Wildman–Crippen LogP) is 3.08. The fourth-order valence-corrected chi connectivity index (χ4v) is 3.36. The standard InChI is InChI=1S/2C11H18O7.CH4.2Y/c2*1-15-10(13)16-6-7-17-11(14)18-9-5-3-2-4-8(9)12;;;/h2*8-9,12H,2-7H2,1H3;1H4;;. The first kappa shape index (κ1) is 42.7. The van der Waals surface area contributed by atoms with Crippen molar-refractivity contribution >= 4 is 24.6 Å². The fraction of sp³-hybridized carbons (Fsp3) is 0.826. The molecule has 0 aromatic rings. The van der Waals surface area contributed by atoms with Gasteiger partial charge in [-0.3, -0.25) is 0 Å². The molecule has 0 aromatic heterocycles. The molecule has 4 unspecified atom stereocenters. The van der Waals surface area contributed by atoms with Crippen LogP contribution in [0, 0.1) is 0 Å². The van der Waals surface area contributed by atoms with Gasteiger partial charge in [0.25, 0.3) is 0 Å². The van der Waals surface area contributed by atoms with Gasteiger partial charge >= 0.3 is 24.6 Å². The van der Waals surface area contributed by atoms with Crippen LogP contribution in [-0.2, 0) is 103 Å². The average molecular weight is 718 g/mol. The Bertz CT molecular complexity index is 625. The van der Waals surface area contributed by atoms with E-state index in [1.54, 1.807) is 0 Å². The van der Waals surface area contributed by atoms with E-state index >= 15 is 0 Å². The molecule has 2 radical (unpaired) electrons. The maximum atomic E-state index is 11.2. The summed E-state index contributed by atoms with van der Waals surface area (Å²) < 4.78 is 36.7. The molecular weight excluding hydrogens is 678 g/mol. The molecule has 0 bridgehead atoms. The molecule has 2 rings (SSSR count). The molecule has 0 aliphatic heterocycles. The van der Waals surface area contributed by atoms with Gasteiger partial charge in [-0.25, -0.2) is 19.2 Å². The van der Waals surface area contributed by atoms with Crippen molar-refractivity contribution in [3.63, 3.8) is 0 Å². The molecule has 2 aliphatic carbocycles. The fourth-order valence-electron chi connectivity index (χ4n) is 3.36. The van der Waals surface area contributed by atoms with E-state index in [2.05, 4.69) is 28.4 Å². The minimum absolute atomic E-state index is 0. The summed E-state index contributed by atoms with van der Waals surface area (Å²) in [5.41, 5.74) is 0. The van der Waals surface area contributed by atoms with Gasteiger partial charge in [-0.15, -0.1) is 0 Å². The number of ether oxygens (including phenoxy) is 8. The van der Waals surface area contributed by atoms with Crippen molar-refractivity contribution in [2.75, 3.05) is 40.6 Å². The predicted molar refractivity (Wildman–Crippen MR) is 125 cm³/mol. The molecule has 0 spiro atoms. The molecule has 2 N–H and O–H groups in total. The molecule has 0 amide bonds. The van der Waals surface area contributed by atoms with Gasteiger partial charge in [-0.2, -0.15) is 0 Å². The number of aliphatic hydroxyl groups is 2. The first-order valence-electron chi connectivity index (χ1n) is 11.7. The van der Waals surface area contributed by atoms with Crippen LogP contribution < -0.4 is 0 Å². The Hall–Kier alpha value is -0.792. The van der Waals surface area contributed by atoms with Crippen molar-refractivity contribution in [2.45, 2.75) is 83.2 Å². The molecule has 222 valence electrons. The summed E-state index contributed by atoms with van der Waals surface area (Å²) in [5.74, 6) is 0. The third kappa shape index (κ3) is 20.7. The van der Waals surface area contributed by atoms with E-state index in [-0.39, 0.29) is 99.3 Å². The van der Waals surface area contributed by atoms with Crippen LogP contribution in [0.5, 0.6) is 0 Å². The third-order valence-electron chi connectivity index (χ3n) is 5.21. The van der Waals surface area contributed by atoms with Crippen molar-refractivity contribution in [1.82, 2.24) is 0 Å². The monoisotopic (exact) mass is 718 g/mol. The van der Waals surface area contributed by atoms with E-state index in [1.807, 2.05) is 0 Å². The molecule has 16 heteroatoms. The minimum Gasteiger partial charge on any atom is -0.438 e. The molecule has 2 saturated carbocycles. The Balaban J connectivity index is -0.000000617. The minimum atomic E-state index is -0.866. The SMILES string of the molecule is C.COC(=O)OCCOC(=O)OC1CCCCC1O.COC(=O)OCCOC(=O)OC1CCCCC1O.[Y].[Y]. The van der Waals surface area contributed by atoms with Gasteiger partial charge in [0.1, 0.15) is 38.6 Å². The quantitative estimate of drug-likeness (QED) is 0.212. The molecule has 39 heavy (non-hydrogen) atoms. The van der Waals surface area contributed by atoms with Crippen LogP contribution in [0.3, 0.4) is 0 Å². The zero-order valence-electron chi connectivity index (χ0n) is 21.7. The first-order valence-corrected chi connectivity index (χ1v) is 11.7. The van der Waals surface area contributed by atoms with Crippen LogP contribution in [0.2, 0.25) is 0 Å². The van der Waals surface area contributed by atoms with Gasteiger partial charge in [-0.05, 0) is 38.5 Å². The van der Waals surface area contributed by atoms with Crippen LogP contribution in [-0.4, -0.2) is 99.9 Å². The number of carbonyl (C=O) groups excluding carboxylic acids is 4. The number of hydrogen-bond acceptors (Lipinski definition) is 14. The molecule has 2 fully saturated rings. The van der Waals surface area contributed by atoms with Crippen molar-refractivity contribution in [1.29, 1.82) is 0 Å². The van der Waals surface area contributed by atoms with Crippen LogP contribution in [0.1, 0.15) is 58.8 Å². The smallest absolute Gasteiger partial charge is 0.438 e. The van der Waals surface area contributed by atoms with Gasteiger partial charge in [-0.1, -0.05) is 20.3 Å². The first-order chi connectivity index (χ1) is 17.3. The molecular formula is C23H40O14Y2. The van der Waals surface area contributed by atoms with Crippen LogP contribution in [0.15, 0.2) is 0 Å². The average Bonchev–Trinajstić information content (AvgIpc) is 2.87. The molecule has 0 saturated heterocycles. The maximum Gasteiger partial charge on any atom is 0.508 e. The molecule has 2 aliphatic rings. The van der Waals surface area contributed by atoms with Crippen LogP contribution in [0.25, 0.3) is 0 Å². The number of rotatable bonds is 8. The molecule has 0 heterocycles. The van der Waals surface area contributed by atoms with Crippen molar-refractivity contribution in [2.24, 2.45) is 0 Å². The van der Waals surface area contributed by atoms with Gasteiger partial charge in [0.05, 0.1) is 26.4 Å². The summed E-state index contributed by atoms with van der Waals surface area (Å²) in [4.78, 5) is 43.6. The van der Waals surface area contributed by atoms with E-state index in [0.29, 0.717) is 25.7 Å². The Morgan fingerprint density at radius 1 is 0.564 bits per heavy atom. The second-order valence-corrected chi connectivity index (χ2v) is 7.82. The summed E-state index contributed by atoms with van der Waals surface area (Å²) in [7, 11) is 2.36. The van der Waals surface area contributed by atoms with Gasteiger partial charge < -0.3 is 48.1 Å². The van der Waals surface area contributed by atoms with Crippen LogP contribution in [0.4, 0.5) is 19.2 Å². The number of aliphatic hydroxyl groups excluding tert-OH is 2. The van der Waals surface area contributed by atoms with Crippen molar-refractivity contribution in [3.8, 4) is 0 Å². The van der Waals surface area contributed by atoms with E-state index in [4.69, 9.17) is 9.47 Å². The Labute approximate surface area is 279 Å².